The molecule has 2 aromatic carbocycles. The molecule has 8 nitrogen and oxygen atoms in total. The van der Waals surface area contributed by atoms with E-state index in [-0.39, 0.29) is 17.4 Å². The standard InChI is InChI=1S/C24H21N3O5/c1-30-20-11-10-15(21(24(28)29)22(20)31-2)23-27-18(14-7-3-4-9-19(14)32-23)13-17(26-27)16-8-5-6-12-25-16/h3-12,18,23H,13H2,1-2H3,(H,28,29)/t18-,23-/m0/s1. The Balaban J connectivity index is 1.67. The second-order valence-electron chi connectivity index (χ2n) is 7.44. The number of fused-ring (bicyclic) bond motifs is 3. The minimum absolute atomic E-state index is 0.0172. The average Bonchev–Trinajstić information content (AvgIpc) is 3.29. The molecule has 0 spiro atoms. The molecule has 2 aliphatic heterocycles. The van der Waals surface area contributed by atoms with Crippen LogP contribution in [0.15, 0.2) is 65.9 Å². The van der Waals surface area contributed by atoms with E-state index in [0.717, 1.165) is 17.0 Å². The molecular weight excluding hydrogens is 410 g/mol. The van der Waals surface area contributed by atoms with Crippen LogP contribution in [0.1, 0.15) is 45.9 Å². The second-order valence-corrected chi connectivity index (χ2v) is 7.44. The van der Waals surface area contributed by atoms with Gasteiger partial charge in [0.25, 0.3) is 0 Å². The lowest BCUT2D eigenvalue weighted by Crippen LogP contribution is -2.34. The Labute approximate surface area is 184 Å². The van der Waals surface area contributed by atoms with Crippen LogP contribution in [0, 0.1) is 0 Å². The van der Waals surface area contributed by atoms with Gasteiger partial charge in [-0.05, 0) is 30.3 Å². The highest BCUT2D eigenvalue weighted by atomic mass is 16.5. The lowest BCUT2D eigenvalue weighted by Gasteiger charge is -2.38. The van der Waals surface area contributed by atoms with E-state index in [2.05, 4.69) is 4.98 Å². The van der Waals surface area contributed by atoms with Gasteiger partial charge in [0.15, 0.2) is 11.5 Å². The highest BCUT2D eigenvalue weighted by Crippen LogP contribution is 2.49. The number of hydrogen-bond acceptors (Lipinski definition) is 7. The maximum Gasteiger partial charge on any atom is 0.340 e. The summed E-state index contributed by atoms with van der Waals surface area (Å²) < 4.78 is 17.0. The predicted molar refractivity (Wildman–Crippen MR) is 116 cm³/mol. The third-order valence-corrected chi connectivity index (χ3v) is 5.72. The van der Waals surface area contributed by atoms with Crippen molar-refractivity contribution in [2.45, 2.75) is 18.7 Å². The number of aromatic nitrogens is 1. The molecule has 0 radical (unpaired) electrons. The first-order valence-electron chi connectivity index (χ1n) is 10.1. The average molecular weight is 431 g/mol. The van der Waals surface area contributed by atoms with Crippen LogP contribution in [-0.2, 0) is 0 Å². The van der Waals surface area contributed by atoms with Crippen molar-refractivity contribution >= 4 is 11.7 Å². The Kier molecular flexibility index (Phi) is 4.89. The first-order chi connectivity index (χ1) is 15.6. The van der Waals surface area contributed by atoms with Crippen molar-refractivity contribution in [1.29, 1.82) is 0 Å². The van der Waals surface area contributed by atoms with Crippen LogP contribution in [0.5, 0.6) is 17.2 Å². The minimum Gasteiger partial charge on any atom is -0.493 e. The molecule has 1 N–H and O–H groups in total. The van der Waals surface area contributed by atoms with Gasteiger partial charge in [-0.3, -0.25) is 4.98 Å². The number of rotatable bonds is 5. The Morgan fingerprint density at radius 2 is 1.88 bits per heavy atom. The third kappa shape index (κ3) is 3.11. The van der Waals surface area contributed by atoms with E-state index >= 15 is 0 Å². The molecule has 0 fully saturated rings. The van der Waals surface area contributed by atoms with Gasteiger partial charge in [-0.15, -0.1) is 0 Å². The number of pyridine rings is 1. The van der Waals surface area contributed by atoms with Crippen LogP contribution in [0.4, 0.5) is 0 Å². The molecule has 3 aromatic rings. The molecule has 2 aliphatic rings. The number of nitrogens with zero attached hydrogens (tertiary/aromatic N) is 3. The van der Waals surface area contributed by atoms with Crippen LogP contribution in [0.2, 0.25) is 0 Å². The second kappa shape index (κ2) is 7.88. The highest BCUT2D eigenvalue weighted by Gasteiger charge is 2.43. The van der Waals surface area contributed by atoms with Crippen LogP contribution < -0.4 is 14.2 Å². The van der Waals surface area contributed by atoms with Gasteiger partial charge in [0.1, 0.15) is 11.3 Å². The van der Waals surface area contributed by atoms with E-state index in [9.17, 15) is 9.90 Å². The molecule has 0 amide bonds. The van der Waals surface area contributed by atoms with Crippen molar-refractivity contribution < 1.29 is 24.1 Å². The fourth-order valence-corrected chi connectivity index (χ4v) is 4.30. The van der Waals surface area contributed by atoms with Gasteiger partial charge in [-0.2, -0.15) is 5.10 Å². The van der Waals surface area contributed by atoms with Crippen molar-refractivity contribution in [1.82, 2.24) is 9.99 Å². The summed E-state index contributed by atoms with van der Waals surface area (Å²) in [4.78, 5) is 16.7. The van der Waals surface area contributed by atoms with Crippen molar-refractivity contribution in [3.63, 3.8) is 0 Å². The number of methoxy groups -OCH3 is 2. The Morgan fingerprint density at radius 3 is 2.59 bits per heavy atom. The summed E-state index contributed by atoms with van der Waals surface area (Å²) in [6.45, 7) is 0. The fraction of sp³-hybridized carbons (Fsp3) is 0.208. The van der Waals surface area contributed by atoms with Gasteiger partial charge in [-0.25, -0.2) is 9.80 Å². The molecule has 0 saturated carbocycles. The molecule has 0 saturated heterocycles. The molecule has 1 aromatic heterocycles. The van der Waals surface area contributed by atoms with E-state index in [4.69, 9.17) is 19.3 Å². The molecule has 2 atom stereocenters. The number of carbonyl (C=O) groups is 1. The summed E-state index contributed by atoms with van der Waals surface area (Å²) >= 11 is 0. The minimum atomic E-state index is -1.14. The molecule has 0 aliphatic carbocycles. The summed E-state index contributed by atoms with van der Waals surface area (Å²) in [6.07, 6.45) is 1.60. The summed E-state index contributed by atoms with van der Waals surface area (Å²) in [5, 5.41) is 16.7. The van der Waals surface area contributed by atoms with Gasteiger partial charge >= 0.3 is 5.97 Å². The van der Waals surface area contributed by atoms with Gasteiger partial charge < -0.3 is 19.3 Å². The fourth-order valence-electron chi connectivity index (χ4n) is 4.30. The number of hydrogen-bond donors (Lipinski definition) is 1. The van der Waals surface area contributed by atoms with E-state index in [0.29, 0.717) is 23.5 Å². The Bertz CT molecular complexity index is 1210. The molecule has 162 valence electrons. The molecule has 0 bridgehead atoms. The summed E-state index contributed by atoms with van der Waals surface area (Å²) in [5.41, 5.74) is 3.01. The van der Waals surface area contributed by atoms with Crippen LogP contribution >= 0.6 is 0 Å². The van der Waals surface area contributed by atoms with E-state index in [1.165, 1.54) is 14.2 Å². The summed E-state index contributed by atoms with van der Waals surface area (Å²) in [7, 11) is 2.89. The normalized spacial score (nSPS) is 18.8. The zero-order chi connectivity index (χ0) is 22.2. The molecule has 3 heterocycles. The quantitative estimate of drug-likeness (QED) is 0.652. The predicted octanol–water partition coefficient (Wildman–Crippen LogP) is 4.04. The molecule has 32 heavy (non-hydrogen) atoms. The largest absolute Gasteiger partial charge is 0.493 e. The van der Waals surface area contributed by atoms with Crippen LogP contribution in [0.3, 0.4) is 0 Å². The molecule has 5 rings (SSSR count). The molecule has 8 heteroatoms. The number of hydrazone groups is 1. The van der Waals surface area contributed by atoms with Crippen molar-refractivity contribution in [2.24, 2.45) is 5.10 Å². The summed E-state index contributed by atoms with van der Waals surface area (Å²) in [5.74, 6) is 0.0374. The zero-order valence-electron chi connectivity index (χ0n) is 17.6. The monoisotopic (exact) mass is 431 g/mol. The number of benzene rings is 2. The lowest BCUT2D eigenvalue weighted by molar-refractivity contribution is -0.0199. The first-order valence-corrected chi connectivity index (χ1v) is 10.1. The number of aromatic carboxylic acids is 1. The smallest absolute Gasteiger partial charge is 0.340 e. The first kappa shape index (κ1) is 19.9. The van der Waals surface area contributed by atoms with Gasteiger partial charge in [0, 0.05) is 23.7 Å². The molecular formula is C24H21N3O5. The van der Waals surface area contributed by atoms with Crippen molar-refractivity contribution in [3.05, 3.63) is 83.2 Å². The summed E-state index contributed by atoms with van der Waals surface area (Å²) in [6, 6.07) is 16.7. The maximum atomic E-state index is 12.3. The number of ether oxygens (including phenoxy) is 3. The van der Waals surface area contributed by atoms with Gasteiger partial charge in [0.05, 0.1) is 31.7 Å². The third-order valence-electron chi connectivity index (χ3n) is 5.72. The topological polar surface area (TPSA) is 93.5 Å². The Hall–Kier alpha value is -4.07. The number of para-hydroxylation sites is 1. The zero-order valence-corrected chi connectivity index (χ0v) is 17.6. The number of carboxylic acids is 1. The highest BCUT2D eigenvalue weighted by molar-refractivity contribution is 6.00. The lowest BCUT2D eigenvalue weighted by atomic mass is 9.96. The van der Waals surface area contributed by atoms with E-state index < -0.39 is 12.2 Å². The molecule has 0 unspecified atom stereocenters. The van der Waals surface area contributed by atoms with E-state index in [1.54, 1.807) is 18.3 Å². The van der Waals surface area contributed by atoms with Gasteiger partial charge in [-0.1, -0.05) is 24.3 Å². The van der Waals surface area contributed by atoms with Crippen LogP contribution in [-0.4, -0.2) is 41.0 Å². The van der Waals surface area contributed by atoms with Crippen LogP contribution in [0.25, 0.3) is 0 Å². The Morgan fingerprint density at radius 1 is 1.06 bits per heavy atom. The maximum absolute atomic E-state index is 12.3. The number of carboxylic acid groups (broad SMARTS) is 1. The van der Waals surface area contributed by atoms with Crippen molar-refractivity contribution in [2.75, 3.05) is 14.2 Å². The van der Waals surface area contributed by atoms with Crippen molar-refractivity contribution in [3.8, 4) is 17.2 Å². The van der Waals surface area contributed by atoms with E-state index in [1.807, 2.05) is 47.5 Å². The SMILES string of the molecule is COc1ccc([C@@H]2Oc3ccccc3[C@@H]3CC(c4ccccn4)=NN32)c(C(=O)O)c1OC. The van der Waals surface area contributed by atoms with Gasteiger partial charge in [0.2, 0.25) is 6.23 Å².